The summed E-state index contributed by atoms with van der Waals surface area (Å²) in [7, 11) is 0. The third kappa shape index (κ3) is 3.51. The Morgan fingerprint density at radius 2 is 1.92 bits per heavy atom. The van der Waals surface area contributed by atoms with Crippen LogP contribution < -0.4 is 4.90 Å². The van der Waals surface area contributed by atoms with Crippen LogP contribution in [0.1, 0.15) is 36.9 Å². The normalized spacial score (nSPS) is 25.7. The van der Waals surface area contributed by atoms with E-state index in [1.54, 1.807) is 6.33 Å². The van der Waals surface area contributed by atoms with Gasteiger partial charge in [-0.25, -0.2) is 18.7 Å². The summed E-state index contributed by atoms with van der Waals surface area (Å²) < 4.78 is 32.3. The summed E-state index contributed by atoms with van der Waals surface area (Å²) in [4.78, 5) is 25.2. The van der Waals surface area contributed by atoms with E-state index >= 15 is 0 Å². The highest BCUT2D eigenvalue weighted by molar-refractivity contribution is 5.82. The molecule has 0 bridgehead atoms. The van der Waals surface area contributed by atoms with Crippen LogP contribution in [0.3, 0.4) is 0 Å². The number of morpholine rings is 1. The number of aryl methyl sites for hydroxylation is 1. The molecule has 1 amide bonds. The van der Waals surface area contributed by atoms with Gasteiger partial charge in [0, 0.05) is 43.7 Å². The third-order valence-corrected chi connectivity index (χ3v) is 5.55. The van der Waals surface area contributed by atoms with Crippen LogP contribution in [0, 0.1) is 0 Å². The van der Waals surface area contributed by atoms with Crippen LogP contribution in [0.15, 0.2) is 6.33 Å². The molecule has 1 atom stereocenters. The molecule has 2 fully saturated rings. The third-order valence-electron chi connectivity index (χ3n) is 5.55. The van der Waals surface area contributed by atoms with Gasteiger partial charge in [0.05, 0.1) is 13.2 Å². The molecule has 142 valence electrons. The zero-order valence-electron chi connectivity index (χ0n) is 14.8. The summed E-state index contributed by atoms with van der Waals surface area (Å²) in [5.74, 6) is -1.94. The first-order valence-electron chi connectivity index (χ1n) is 9.39. The fourth-order valence-electron chi connectivity index (χ4n) is 4.03. The van der Waals surface area contributed by atoms with Gasteiger partial charge in [-0.1, -0.05) is 0 Å². The first-order valence-corrected chi connectivity index (χ1v) is 9.39. The average molecular weight is 366 g/mol. The Kier molecular flexibility index (Phi) is 4.77. The standard InChI is InChI=1S/C18H24F2N4O2/c19-18(20)5-7-23(8-6-18)17(25)15-11-24(9-10-26-15)16-13-3-1-2-4-14(13)21-12-22-16/h12,15H,1-11H2. The maximum absolute atomic E-state index is 13.3. The molecule has 1 unspecified atom stereocenters. The Morgan fingerprint density at radius 3 is 2.73 bits per heavy atom. The molecule has 4 rings (SSSR count). The predicted molar refractivity (Wildman–Crippen MR) is 91.4 cm³/mol. The van der Waals surface area contributed by atoms with E-state index in [1.807, 2.05) is 0 Å². The van der Waals surface area contributed by atoms with Gasteiger partial charge in [0.1, 0.15) is 12.1 Å². The minimum atomic E-state index is -2.66. The number of carbonyl (C=O) groups is 1. The molecule has 0 aromatic carbocycles. The van der Waals surface area contributed by atoms with Crippen molar-refractivity contribution in [3.05, 3.63) is 17.6 Å². The van der Waals surface area contributed by atoms with Crippen molar-refractivity contribution >= 4 is 11.7 Å². The van der Waals surface area contributed by atoms with E-state index < -0.39 is 12.0 Å². The number of ether oxygens (including phenoxy) is 1. The molecule has 1 aromatic rings. The van der Waals surface area contributed by atoms with Crippen molar-refractivity contribution in [1.29, 1.82) is 0 Å². The van der Waals surface area contributed by atoms with Gasteiger partial charge >= 0.3 is 0 Å². The second kappa shape index (κ2) is 7.06. The minimum Gasteiger partial charge on any atom is -0.365 e. The van der Waals surface area contributed by atoms with Gasteiger partial charge in [0.25, 0.3) is 11.8 Å². The maximum Gasteiger partial charge on any atom is 0.253 e. The Morgan fingerprint density at radius 1 is 1.15 bits per heavy atom. The lowest BCUT2D eigenvalue weighted by Gasteiger charge is -2.38. The highest BCUT2D eigenvalue weighted by atomic mass is 19.3. The fraction of sp³-hybridized carbons (Fsp3) is 0.722. The zero-order valence-corrected chi connectivity index (χ0v) is 14.8. The van der Waals surface area contributed by atoms with Crippen molar-refractivity contribution in [3.8, 4) is 0 Å². The van der Waals surface area contributed by atoms with E-state index in [9.17, 15) is 13.6 Å². The second-order valence-electron chi connectivity index (χ2n) is 7.32. The quantitative estimate of drug-likeness (QED) is 0.799. The topological polar surface area (TPSA) is 58.6 Å². The van der Waals surface area contributed by atoms with E-state index in [2.05, 4.69) is 14.9 Å². The molecular formula is C18H24F2N4O2. The van der Waals surface area contributed by atoms with Crippen LogP contribution in [0.4, 0.5) is 14.6 Å². The zero-order chi connectivity index (χ0) is 18.1. The maximum atomic E-state index is 13.3. The molecule has 3 aliphatic rings. The van der Waals surface area contributed by atoms with Gasteiger partial charge in [-0.2, -0.15) is 0 Å². The number of anilines is 1. The van der Waals surface area contributed by atoms with Crippen LogP contribution in [0.25, 0.3) is 0 Å². The van der Waals surface area contributed by atoms with Crippen LogP contribution in [0.5, 0.6) is 0 Å². The van der Waals surface area contributed by atoms with Crippen molar-refractivity contribution in [2.45, 2.75) is 50.6 Å². The Balaban J connectivity index is 1.46. The van der Waals surface area contributed by atoms with Crippen LogP contribution >= 0.6 is 0 Å². The molecule has 0 radical (unpaired) electrons. The number of nitrogens with zero attached hydrogens (tertiary/aromatic N) is 4. The molecule has 8 heteroatoms. The number of fused-ring (bicyclic) bond motifs is 1. The number of halogens is 2. The molecule has 2 aliphatic heterocycles. The van der Waals surface area contributed by atoms with Crippen molar-refractivity contribution in [3.63, 3.8) is 0 Å². The van der Waals surface area contributed by atoms with Gasteiger partial charge in [-0.15, -0.1) is 0 Å². The first kappa shape index (κ1) is 17.6. The number of hydrogen-bond acceptors (Lipinski definition) is 5. The summed E-state index contributed by atoms with van der Waals surface area (Å²) in [5, 5.41) is 0. The SMILES string of the molecule is O=C(C1CN(c2ncnc3c2CCCC3)CCO1)N1CCC(F)(F)CC1. The van der Waals surface area contributed by atoms with Crippen LogP contribution in [-0.4, -0.2) is 65.6 Å². The van der Waals surface area contributed by atoms with Crippen LogP contribution in [0.2, 0.25) is 0 Å². The van der Waals surface area contributed by atoms with E-state index in [1.165, 1.54) is 10.5 Å². The molecule has 0 saturated carbocycles. The van der Waals surface area contributed by atoms with E-state index in [4.69, 9.17) is 4.74 Å². The molecule has 0 spiro atoms. The summed E-state index contributed by atoms with van der Waals surface area (Å²) in [5.41, 5.74) is 2.29. The number of likely N-dealkylation sites (tertiary alicyclic amines) is 1. The minimum absolute atomic E-state index is 0.0919. The molecule has 0 N–H and O–H groups in total. The number of aromatic nitrogens is 2. The molecule has 6 nitrogen and oxygen atoms in total. The molecule has 26 heavy (non-hydrogen) atoms. The van der Waals surface area contributed by atoms with Crippen molar-refractivity contribution in [2.24, 2.45) is 0 Å². The van der Waals surface area contributed by atoms with Crippen molar-refractivity contribution in [2.75, 3.05) is 37.7 Å². The first-order chi connectivity index (χ1) is 12.5. The van der Waals surface area contributed by atoms with Gasteiger partial charge < -0.3 is 14.5 Å². The summed E-state index contributed by atoms with van der Waals surface area (Å²) >= 11 is 0. The lowest BCUT2D eigenvalue weighted by atomic mass is 9.96. The lowest BCUT2D eigenvalue weighted by Crippen LogP contribution is -2.54. The Hall–Kier alpha value is -1.83. The number of alkyl halides is 2. The largest absolute Gasteiger partial charge is 0.365 e. The monoisotopic (exact) mass is 366 g/mol. The Labute approximate surface area is 151 Å². The summed E-state index contributed by atoms with van der Waals surface area (Å²) in [6.07, 6.45) is 4.64. The number of carbonyl (C=O) groups excluding carboxylic acids is 1. The smallest absolute Gasteiger partial charge is 0.253 e. The number of amides is 1. The van der Waals surface area contributed by atoms with E-state index in [0.717, 1.165) is 37.2 Å². The average Bonchev–Trinajstić information content (AvgIpc) is 2.67. The highest BCUT2D eigenvalue weighted by Crippen LogP contribution is 2.30. The molecule has 2 saturated heterocycles. The van der Waals surface area contributed by atoms with Gasteiger partial charge in [-0.3, -0.25) is 4.79 Å². The predicted octanol–water partition coefficient (Wildman–Crippen LogP) is 1.82. The van der Waals surface area contributed by atoms with Crippen molar-refractivity contribution < 1.29 is 18.3 Å². The van der Waals surface area contributed by atoms with Crippen molar-refractivity contribution in [1.82, 2.24) is 14.9 Å². The number of hydrogen-bond donors (Lipinski definition) is 0. The highest BCUT2D eigenvalue weighted by Gasteiger charge is 2.39. The fourth-order valence-corrected chi connectivity index (χ4v) is 4.03. The molecule has 3 heterocycles. The number of piperidine rings is 1. The lowest BCUT2D eigenvalue weighted by molar-refractivity contribution is -0.150. The molecular weight excluding hydrogens is 342 g/mol. The van der Waals surface area contributed by atoms with Crippen LogP contribution in [-0.2, 0) is 22.4 Å². The van der Waals surface area contributed by atoms with Gasteiger partial charge in [0.15, 0.2) is 6.10 Å². The second-order valence-corrected chi connectivity index (χ2v) is 7.32. The summed E-state index contributed by atoms with van der Waals surface area (Å²) in [6, 6.07) is 0. The number of rotatable bonds is 2. The Bertz CT molecular complexity index is 675. The van der Waals surface area contributed by atoms with E-state index in [0.29, 0.717) is 19.7 Å². The van der Waals surface area contributed by atoms with Gasteiger partial charge in [0.2, 0.25) is 0 Å². The summed E-state index contributed by atoms with van der Waals surface area (Å²) in [6.45, 7) is 1.70. The molecule has 1 aromatic heterocycles. The van der Waals surface area contributed by atoms with Gasteiger partial charge in [-0.05, 0) is 25.7 Å². The van der Waals surface area contributed by atoms with E-state index in [-0.39, 0.29) is 31.8 Å². The molecule has 1 aliphatic carbocycles.